The average molecular weight is 216 g/mol. The van der Waals surface area contributed by atoms with Crippen molar-refractivity contribution >= 4 is 11.4 Å². The molecule has 0 radical (unpaired) electrons. The number of nitrogens with two attached hydrogens (primary N) is 1. The second-order valence-electron chi connectivity index (χ2n) is 5.21. The third kappa shape index (κ3) is 2.01. The van der Waals surface area contributed by atoms with Crippen LogP contribution in [-0.2, 0) is 6.42 Å². The highest BCUT2D eigenvalue weighted by molar-refractivity contribution is 5.62. The number of benzene rings is 1. The number of hydrogen-bond donors (Lipinski definition) is 1. The minimum Gasteiger partial charge on any atom is -0.399 e. The van der Waals surface area contributed by atoms with E-state index in [1.807, 2.05) is 6.07 Å². The number of nitrogens with zero attached hydrogens (tertiary/aromatic N) is 1. The molecule has 2 heteroatoms. The zero-order valence-electron chi connectivity index (χ0n) is 9.78. The molecule has 0 atom stereocenters. The summed E-state index contributed by atoms with van der Waals surface area (Å²) in [6, 6.07) is 6.39. The summed E-state index contributed by atoms with van der Waals surface area (Å²) in [5.41, 5.74) is 9.66. The third-order valence-electron chi connectivity index (χ3n) is 3.83. The summed E-state index contributed by atoms with van der Waals surface area (Å²) >= 11 is 0. The lowest BCUT2D eigenvalue weighted by atomic mass is 10.0. The van der Waals surface area contributed by atoms with Crippen LogP contribution in [0.2, 0.25) is 0 Å². The lowest BCUT2D eigenvalue weighted by Crippen LogP contribution is -2.30. The third-order valence-corrected chi connectivity index (χ3v) is 3.83. The van der Waals surface area contributed by atoms with Gasteiger partial charge in [-0.25, -0.2) is 0 Å². The Morgan fingerprint density at radius 3 is 3.00 bits per heavy atom. The van der Waals surface area contributed by atoms with Crippen molar-refractivity contribution in [3.8, 4) is 0 Å². The molecule has 1 saturated carbocycles. The second-order valence-corrected chi connectivity index (χ2v) is 5.21. The van der Waals surface area contributed by atoms with E-state index < -0.39 is 0 Å². The maximum atomic E-state index is 5.89. The summed E-state index contributed by atoms with van der Waals surface area (Å²) in [5.74, 6) is 1.02. The van der Waals surface area contributed by atoms with E-state index in [2.05, 4.69) is 17.0 Å². The van der Waals surface area contributed by atoms with Gasteiger partial charge < -0.3 is 10.6 Å². The van der Waals surface area contributed by atoms with Gasteiger partial charge in [-0.15, -0.1) is 0 Å². The van der Waals surface area contributed by atoms with Crippen molar-refractivity contribution in [2.24, 2.45) is 5.92 Å². The molecule has 0 aromatic heterocycles. The van der Waals surface area contributed by atoms with Gasteiger partial charge in [0.2, 0.25) is 0 Å². The highest BCUT2D eigenvalue weighted by Gasteiger charge is 2.23. The van der Waals surface area contributed by atoms with E-state index in [-0.39, 0.29) is 0 Å². The molecule has 0 saturated heterocycles. The molecule has 0 amide bonds. The van der Waals surface area contributed by atoms with Gasteiger partial charge in [0.15, 0.2) is 0 Å². The van der Waals surface area contributed by atoms with Crippen molar-refractivity contribution in [2.75, 3.05) is 23.7 Å². The first-order chi connectivity index (χ1) is 7.83. The summed E-state index contributed by atoms with van der Waals surface area (Å²) < 4.78 is 0. The Morgan fingerprint density at radius 1 is 1.31 bits per heavy atom. The van der Waals surface area contributed by atoms with Crippen LogP contribution in [0.5, 0.6) is 0 Å². The Hall–Kier alpha value is -1.18. The van der Waals surface area contributed by atoms with Crippen LogP contribution in [0.15, 0.2) is 18.2 Å². The number of aryl methyl sites for hydroxylation is 1. The molecular formula is C14H20N2. The standard InChI is InChI=1S/C14H20N2/c15-13-6-5-12-2-1-8-16(14(12)10-13)9-7-11-3-4-11/h5-6,10-11H,1-4,7-9,15H2. The fraction of sp³-hybridized carbons (Fsp3) is 0.571. The van der Waals surface area contributed by atoms with Crippen molar-refractivity contribution < 1.29 is 0 Å². The molecule has 2 nitrogen and oxygen atoms in total. The summed E-state index contributed by atoms with van der Waals surface area (Å²) in [6.07, 6.45) is 6.79. The maximum Gasteiger partial charge on any atom is 0.0419 e. The van der Waals surface area contributed by atoms with Gasteiger partial charge >= 0.3 is 0 Å². The molecule has 2 N–H and O–H groups in total. The van der Waals surface area contributed by atoms with Crippen molar-refractivity contribution in [2.45, 2.75) is 32.1 Å². The van der Waals surface area contributed by atoms with E-state index in [1.165, 1.54) is 56.4 Å². The molecule has 1 aliphatic carbocycles. The predicted octanol–water partition coefficient (Wildman–Crippen LogP) is 2.82. The van der Waals surface area contributed by atoms with Crippen LogP contribution in [0.25, 0.3) is 0 Å². The smallest absolute Gasteiger partial charge is 0.0419 e. The van der Waals surface area contributed by atoms with Gasteiger partial charge in [-0.1, -0.05) is 18.9 Å². The first kappa shape index (κ1) is 10.0. The monoisotopic (exact) mass is 216 g/mol. The van der Waals surface area contributed by atoms with Crippen LogP contribution in [0.3, 0.4) is 0 Å². The van der Waals surface area contributed by atoms with E-state index >= 15 is 0 Å². The van der Waals surface area contributed by atoms with Crippen LogP contribution in [0, 0.1) is 5.92 Å². The minimum atomic E-state index is 0.900. The van der Waals surface area contributed by atoms with Crippen LogP contribution in [0.1, 0.15) is 31.2 Å². The molecular weight excluding hydrogens is 196 g/mol. The number of anilines is 2. The van der Waals surface area contributed by atoms with Gasteiger partial charge in [0.25, 0.3) is 0 Å². The zero-order valence-corrected chi connectivity index (χ0v) is 9.78. The molecule has 2 aliphatic rings. The first-order valence-corrected chi connectivity index (χ1v) is 6.46. The molecule has 3 rings (SSSR count). The average Bonchev–Trinajstić information content (AvgIpc) is 3.10. The topological polar surface area (TPSA) is 29.3 Å². The van der Waals surface area contributed by atoms with E-state index in [9.17, 15) is 0 Å². The molecule has 1 fully saturated rings. The van der Waals surface area contributed by atoms with Gasteiger partial charge in [0, 0.05) is 24.5 Å². The van der Waals surface area contributed by atoms with Gasteiger partial charge in [-0.3, -0.25) is 0 Å². The molecule has 16 heavy (non-hydrogen) atoms. The van der Waals surface area contributed by atoms with Crippen molar-refractivity contribution in [1.82, 2.24) is 0 Å². The fourth-order valence-electron chi connectivity index (χ4n) is 2.64. The Kier molecular flexibility index (Phi) is 2.50. The van der Waals surface area contributed by atoms with Crippen LogP contribution < -0.4 is 10.6 Å². The Labute approximate surface area is 97.4 Å². The summed E-state index contributed by atoms with van der Waals surface area (Å²) in [4.78, 5) is 2.54. The largest absolute Gasteiger partial charge is 0.399 e. The lowest BCUT2D eigenvalue weighted by molar-refractivity contribution is 0.636. The second kappa shape index (κ2) is 4.00. The Balaban J connectivity index is 1.77. The quantitative estimate of drug-likeness (QED) is 0.787. The SMILES string of the molecule is Nc1ccc2c(c1)N(CCC1CC1)CCC2. The summed E-state index contributed by atoms with van der Waals surface area (Å²) in [5, 5.41) is 0. The normalized spacial score (nSPS) is 19.6. The van der Waals surface area contributed by atoms with E-state index in [4.69, 9.17) is 5.73 Å². The zero-order chi connectivity index (χ0) is 11.0. The van der Waals surface area contributed by atoms with Gasteiger partial charge in [-0.05, 0) is 42.9 Å². The van der Waals surface area contributed by atoms with Gasteiger partial charge in [0.1, 0.15) is 0 Å². The van der Waals surface area contributed by atoms with Gasteiger partial charge in [-0.2, -0.15) is 0 Å². The highest BCUT2D eigenvalue weighted by Crippen LogP contribution is 2.35. The number of rotatable bonds is 3. The maximum absolute atomic E-state index is 5.89. The number of nitrogen functional groups attached to an aromatic ring is 1. The van der Waals surface area contributed by atoms with E-state index in [1.54, 1.807) is 0 Å². The van der Waals surface area contributed by atoms with E-state index in [0.29, 0.717) is 0 Å². The molecule has 0 unspecified atom stereocenters. The number of fused-ring (bicyclic) bond motifs is 1. The van der Waals surface area contributed by atoms with Crippen molar-refractivity contribution in [1.29, 1.82) is 0 Å². The molecule has 1 aromatic carbocycles. The molecule has 1 aliphatic heterocycles. The van der Waals surface area contributed by atoms with Crippen molar-refractivity contribution in [3.05, 3.63) is 23.8 Å². The van der Waals surface area contributed by atoms with Crippen LogP contribution >= 0.6 is 0 Å². The fourth-order valence-corrected chi connectivity index (χ4v) is 2.64. The highest BCUT2D eigenvalue weighted by atomic mass is 15.1. The first-order valence-electron chi connectivity index (χ1n) is 6.46. The molecule has 1 aromatic rings. The van der Waals surface area contributed by atoms with Crippen LogP contribution in [-0.4, -0.2) is 13.1 Å². The minimum absolute atomic E-state index is 0.900. The van der Waals surface area contributed by atoms with Gasteiger partial charge in [0.05, 0.1) is 0 Å². The van der Waals surface area contributed by atoms with Crippen molar-refractivity contribution in [3.63, 3.8) is 0 Å². The lowest BCUT2D eigenvalue weighted by Gasteiger charge is -2.31. The summed E-state index contributed by atoms with van der Waals surface area (Å²) in [6.45, 7) is 2.43. The number of hydrogen-bond acceptors (Lipinski definition) is 2. The Morgan fingerprint density at radius 2 is 2.19 bits per heavy atom. The Bertz CT molecular complexity index is 382. The summed E-state index contributed by atoms with van der Waals surface area (Å²) in [7, 11) is 0. The van der Waals surface area contributed by atoms with E-state index in [0.717, 1.165) is 11.6 Å². The molecule has 1 heterocycles. The molecule has 0 spiro atoms. The van der Waals surface area contributed by atoms with Crippen LogP contribution in [0.4, 0.5) is 11.4 Å². The molecule has 0 bridgehead atoms. The predicted molar refractivity (Wildman–Crippen MR) is 68.7 cm³/mol. The molecule has 86 valence electrons.